The van der Waals surface area contributed by atoms with Gasteiger partial charge in [-0.1, -0.05) is 42.7 Å². The molecule has 0 saturated carbocycles. The van der Waals surface area contributed by atoms with Crippen molar-refractivity contribution in [3.8, 4) is 5.75 Å². The van der Waals surface area contributed by atoms with Crippen LogP contribution in [0.1, 0.15) is 60.1 Å². The first kappa shape index (κ1) is 22.3. The molecule has 1 amide bonds. The molecular weight excluding hydrogens is 400 g/mol. The molecule has 2 aromatic carbocycles. The Morgan fingerprint density at radius 1 is 1.03 bits per heavy atom. The molecular formula is C23H30N2O4S. The monoisotopic (exact) mass is 430 g/mol. The van der Waals surface area contributed by atoms with Crippen molar-refractivity contribution in [1.82, 2.24) is 9.62 Å². The van der Waals surface area contributed by atoms with Crippen LogP contribution in [0.5, 0.6) is 5.75 Å². The third kappa shape index (κ3) is 5.21. The van der Waals surface area contributed by atoms with Gasteiger partial charge in [-0.15, -0.1) is 0 Å². The van der Waals surface area contributed by atoms with Gasteiger partial charge in [0.25, 0.3) is 5.91 Å². The topological polar surface area (TPSA) is 75.7 Å². The number of nitrogens with zero attached hydrogens (tertiary/aromatic N) is 1. The highest BCUT2D eigenvalue weighted by atomic mass is 32.2. The Labute approximate surface area is 179 Å². The number of methoxy groups -OCH3 is 1. The van der Waals surface area contributed by atoms with Gasteiger partial charge in [0.2, 0.25) is 10.0 Å². The van der Waals surface area contributed by atoms with Crippen molar-refractivity contribution in [2.75, 3.05) is 20.2 Å². The summed E-state index contributed by atoms with van der Waals surface area (Å²) < 4.78 is 34.1. The summed E-state index contributed by atoms with van der Waals surface area (Å²) in [6.45, 7) is 5.15. The van der Waals surface area contributed by atoms with E-state index in [9.17, 15) is 13.2 Å². The van der Waals surface area contributed by atoms with Gasteiger partial charge in [-0.3, -0.25) is 4.79 Å². The summed E-state index contributed by atoms with van der Waals surface area (Å²) in [5, 5.41) is 0. The minimum absolute atomic E-state index is 0.0560. The highest BCUT2D eigenvalue weighted by Crippen LogP contribution is 2.26. The second kappa shape index (κ2) is 9.62. The fourth-order valence-electron chi connectivity index (χ4n) is 3.69. The van der Waals surface area contributed by atoms with Crippen molar-refractivity contribution in [2.45, 2.75) is 50.5 Å². The van der Waals surface area contributed by atoms with Crippen LogP contribution < -0.4 is 9.46 Å². The van der Waals surface area contributed by atoms with E-state index in [-0.39, 0.29) is 16.4 Å². The Bertz CT molecular complexity index is 979. The Morgan fingerprint density at radius 3 is 2.27 bits per heavy atom. The van der Waals surface area contributed by atoms with E-state index in [1.807, 2.05) is 31.2 Å². The molecule has 1 atom stereocenters. The molecule has 162 valence electrons. The molecule has 0 bridgehead atoms. The molecule has 1 aliphatic heterocycles. The van der Waals surface area contributed by atoms with Crippen LogP contribution in [0.3, 0.4) is 0 Å². The van der Waals surface area contributed by atoms with E-state index in [0.29, 0.717) is 18.8 Å². The first-order chi connectivity index (χ1) is 14.3. The van der Waals surface area contributed by atoms with Crippen molar-refractivity contribution in [3.05, 3.63) is 59.2 Å². The number of amides is 1. The molecule has 1 heterocycles. The number of hydrogen-bond donors (Lipinski definition) is 1. The number of rotatable bonds is 6. The number of sulfonamides is 1. The number of hydrogen-bond acceptors (Lipinski definition) is 4. The van der Waals surface area contributed by atoms with E-state index in [1.54, 1.807) is 17.9 Å². The zero-order chi connectivity index (χ0) is 21.7. The molecule has 0 aliphatic carbocycles. The summed E-state index contributed by atoms with van der Waals surface area (Å²) in [7, 11) is -2.33. The van der Waals surface area contributed by atoms with Crippen molar-refractivity contribution < 1.29 is 17.9 Å². The van der Waals surface area contributed by atoms with E-state index < -0.39 is 16.1 Å². The number of ether oxygens (including phenoxy) is 1. The Morgan fingerprint density at radius 2 is 1.67 bits per heavy atom. The lowest BCUT2D eigenvalue weighted by atomic mass is 10.1. The third-order valence-electron chi connectivity index (χ3n) is 5.51. The molecule has 0 aromatic heterocycles. The van der Waals surface area contributed by atoms with Gasteiger partial charge in [-0.2, -0.15) is 0 Å². The number of likely N-dealkylation sites (tertiary alicyclic amines) is 1. The number of benzene rings is 2. The molecule has 1 N–H and O–H groups in total. The second-order valence-corrected chi connectivity index (χ2v) is 9.54. The maximum absolute atomic E-state index is 13.1. The average Bonchev–Trinajstić information content (AvgIpc) is 3.02. The lowest BCUT2D eigenvalue weighted by Gasteiger charge is -2.22. The molecule has 1 unspecified atom stereocenters. The Hall–Kier alpha value is -2.38. The van der Waals surface area contributed by atoms with Crippen LogP contribution in [0.2, 0.25) is 0 Å². The quantitative estimate of drug-likeness (QED) is 0.750. The van der Waals surface area contributed by atoms with E-state index in [0.717, 1.165) is 36.8 Å². The molecule has 7 heteroatoms. The zero-order valence-corrected chi connectivity index (χ0v) is 18.7. The van der Waals surface area contributed by atoms with Gasteiger partial charge >= 0.3 is 0 Å². The van der Waals surface area contributed by atoms with E-state index in [2.05, 4.69) is 4.72 Å². The molecule has 2 aromatic rings. The van der Waals surface area contributed by atoms with Crippen LogP contribution in [-0.4, -0.2) is 39.4 Å². The van der Waals surface area contributed by atoms with E-state index >= 15 is 0 Å². The average molecular weight is 431 g/mol. The van der Waals surface area contributed by atoms with Gasteiger partial charge in [0, 0.05) is 19.1 Å². The molecule has 1 saturated heterocycles. The molecule has 6 nitrogen and oxygen atoms in total. The minimum atomic E-state index is -3.81. The maximum Gasteiger partial charge on any atom is 0.257 e. The first-order valence-electron chi connectivity index (χ1n) is 10.4. The van der Waals surface area contributed by atoms with Gasteiger partial charge in [-0.25, -0.2) is 13.1 Å². The minimum Gasteiger partial charge on any atom is -0.496 e. The van der Waals surface area contributed by atoms with Crippen molar-refractivity contribution in [3.63, 3.8) is 0 Å². The standard InChI is InChI=1S/C23H30N2O4S/c1-17-8-10-19(11-9-17)18(2)24-30(27,28)20-12-13-22(29-3)21(16-20)23(26)25-14-6-4-5-7-15-25/h8-13,16,18,24H,4-7,14-15H2,1-3H3. The normalized spacial score (nSPS) is 16.0. The second-order valence-electron chi connectivity index (χ2n) is 7.82. The van der Waals surface area contributed by atoms with Gasteiger partial charge in [0.05, 0.1) is 17.6 Å². The third-order valence-corrected chi connectivity index (χ3v) is 7.05. The highest BCUT2D eigenvalue weighted by molar-refractivity contribution is 7.89. The summed E-state index contributed by atoms with van der Waals surface area (Å²) >= 11 is 0. The van der Waals surface area contributed by atoms with Crippen molar-refractivity contribution in [1.29, 1.82) is 0 Å². The lowest BCUT2D eigenvalue weighted by molar-refractivity contribution is 0.0758. The maximum atomic E-state index is 13.1. The van der Waals surface area contributed by atoms with Gasteiger partial charge < -0.3 is 9.64 Å². The smallest absolute Gasteiger partial charge is 0.257 e. The number of carbonyl (C=O) groups excluding carboxylic acids is 1. The molecule has 1 aliphatic rings. The number of nitrogens with one attached hydrogen (secondary N) is 1. The lowest BCUT2D eigenvalue weighted by Crippen LogP contribution is -2.32. The van der Waals surface area contributed by atoms with Crippen LogP contribution >= 0.6 is 0 Å². The van der Waals surface area contributed by atoms with Gasteiger partial charge in [0.15, 0.2) is 0 Å². The fraction of sp³-hybridized carbons (Fsp3) is 0.435. The summed E-state index contributed by atoms with van der Waals surface area (Å²) in [4.78, 5) is 15.0. The SMILES string of the molecule is COc1ccc(S(=O)(=O)NC(C)c2ccc(C)cc2)cc1C(=O)N1CCCCCC1. The molecule has 3 rings (SSSR count). The van der Waals surface area contributed by atoms with Crippen LogP contribution in [0.25, 0.3) is 0 Å². The number of aryl methyl sites for hydroxylation is 1. The Kier molecular flexibility index (Phi) is 7.15. The van der Waals surface area contributed by atoms with Crippen LogP contribution in [0.4, 0.5) is 0 Å². The van der Waals surface area contributed by atoms with E-state index in [4.69, 9.17) is 4.74 Å². The summed E-state index contributed by atoms with van der Waals surface area (Å²) in [6.07, 6.45) is 4.13. The predicted octanol–water partition coefficient (Wildman–Crippen LogP) is 4.06. The van der Waals surface area contributed by atoms with E-state index in [1.165, 1.54) is 19.2 Å². The fourth-order valence-corrected chi connectivity index (χ4v) is 4.95. The molecule has 0 spiro atoms. The number of carbonyl (C=O) groups is 1. The van der Waals surface area contributed by atoms with Gasteiger partial charge in [0.1, 0.15) is 5.75 Å². The summed E-state index contributed by atoms with van der Waals surface area (Å²) in [5.41, 5.74) is 2.27. The predicted molar refractivity (Wildman–Crippen MR) is 117 cm³/mol. The first-order valence-corrected chi connectivity index (χ1v) is 11.9. The molecule has 0 radical (unpaired) electrons. The van der Waals surface area contributed by atoms with Crippen LogP contribution in [0, 0.1) is 6.92 Å². The van der Waals surface area contributed by atoms with Crippen LogP contribution in [0.15, 0.2) is 47.4 Å². The highest BCUT2D eigenvalue weighted by Gasteiger charge is 2.25. The summed E-state index contributed by atoms with van der Waals surface area (Å²) in [6, 6.07) is 11.8. The Balaban J connectivity index is 1.86. The largest absolute Gasteiger partial charge is 0.496 e. The zero-order valence-electron chi connectivity index (χ0n) is 17.8. The molecule has 30 heavy (non-hydrogen) atoms. The molecule has 1 fully saturated rings. The van der Waals surface area contributed by atoms with Gasteiger partial charge in [-0.05, 0) is 50.5 Å². The summed E-state index contributed by atoms with van der Waals surface area (Å²) in [5.74, 6) is 0.201. The van der Waals surface area contributed by atoms with Crippen molar-refractivity contribution >= 4 is 15.9 Å². The van der Waals surface area contributed by atoms with Crippen molar-refractivity contribution in [2.24, 2.45) is 0 Å². The van der Waals surface area contributed by atoms with Crippen LogP contribution in [-0.2, 0) is 10.0 Å².